The Morgan fingerprint density at radius 1 is 1.05 bits per heavy atom. The van der Waals surface area contributed by atoms with Crippen molar-refractivity contribution >= 4 is 11.6 Å². The summed E-state index contributed by atoms with van der Waals surface area (Å²) in [5.41, 5.74) is 0.0621. The molecule has 2 unspecified atom stereocenters. The number of hydrogen-bond acceptors (Lipinski definition) is 1. The van der Waals surface area contributed by atoms with Gasteiger partial charge in [0.15, 0.2) is 0 Å². The van der Waals surface area contributed by atoms with Crippen LogP contribution >= 0.6 is 11.6 Å². The van der Waals surface area contributed by atoms with Crippen molar-refractivity contribution in [2.24, 2.45) is 0 Å². The molecule has 0 saturated carbocycles. The van der Waals surface area contributed by atoms with Gasteiger partial charge in [-0.25, -0.2) is 0 Å². The van der Waals surface area contributed by atoms with Gasteiger partial charge in [0.05, 0.1) is 10.9 Å². The molecule has 20 heavy (non-hydrogen) atoms. The first-order valence-electron chi connectivity index (χ1n) is 6.12. The van der Waals surface area contributed by atoms with Crippen LogP contribution in [-0.4, -0.2) is 4.98 Å². The van der Waals surface area contributed by atoms with E-state index in [9.17, 15) is 13.2 Å². The molecule has 0 spiro atoms. The summed E-state index contributed by atoms with van der Waals surface area (Å²) in [4.78, 5) is 4.15. The molecule has 0 radical (unpaired) electrons. The van der Waals surface area contributed by atoms with Gasteiger partial charge in [0.1, 0.15) is 0 Å². The molecule has 1 nitrogen and oxygen atoms in total. The zero-order valence-corrected chi connectivity index (χ0v) is 11.5. The second-order valence-electron chi connectivity index (χ2n) is 4.53. The SMILES string of the molecule is CC(c1ccccn1)C(Cl)c1ccccc1C(F)(F)F. The Hall–Kier alpha value is -1.55. The predicted octanol–water partition coefficient (Wildman–Crippen LogP) is 5.18. The minimum absolute atomic E-state index is 0.0832. The Kier molecular flexibility index (Phi) is 4.33. The van der Waals surface area contributed by atoms with E-state index in [1.807, 2.05) is 0 Å². The van der Waals surface area contributed by atoms with Crippen molar-refractivity contribution in [3.05, 3.63) is 65.5 Å². The number of rotatable bonds is 3. The van der Waals surface area contributed by atoms with Gasteiger partial charge in [-0.1, -0.05) is 31.2 Å². The van der Waals surface area contributed by atoms with Gasteiger partial charge in [-0.15, -0.1) is 11.6 Å². The van der Waals surface area contributed by atoms with E-state index in [1.165, 1.54) is 12.1 Å². The van der Waals surface area contributed by atoms with E-state index >= 15 is 0 Å². The van der Waals surface area contributed by atoms with E-state index in [-0.39, 0.29) is 11.5 Å². The predicted molar refractivity (Wildman–Crippen MR) is 72.7 cm³/mol. The lowest BCUT2D eigenvalue weighted by Crippen LogP contribution is -2.13. The van der Waals surface area contributed by atoms with Crippen LogP contribution in [0.1, 0.15) is 35.0 Å². The summed E-state index contributed by atoms with van der Waals surface area (Å²) in [6.07, 6.45) is -2.81. The maximum absolute atomic E-state index is 13.0. The van der Waals surface area contributed by atoms with Crippen LogP contribution in [0.2, 0.25) is 0 Å². The second-order valence-corrected chi connectivity index (χ2v) is 5.00. The van der Waals surface area contributed by atoms with Gasteiger partial charge in [-0.3, -0.25) is 4.98 Å². The Morgan fingerprint density at radius 3 is 2.30 bits per heavy atom. The van der Waals surface area contributed by atoms with E-state index in [2.05, 4.69) is 4.98 Å². The molecule has 0 fully saturated rings. The molecule has 0 aliphatic heterocycles. The van der Waals surface area contributed by atoms with Crippen LogP contribution in [-0.2, 0) is 6.18 Å². The van der Waals surface area contributed by atoms with Gasteiger partial charge in [-0.2, -0.15) is 13.2 Å². The molecule has 106 valence electrons. The van der Waals surface area contributed by atoms with Gasteiger partial charge in [0, 0.05) is 17.8 Å². The number of aromatic nitrogens is 1. The van der Waals surface area contributed by atoms with E-state index < -0.39 is 17.1 Å². The van der Waals surface area contributed by atoms with Gasteiger partial charge in [0.25, 0.3) is 0 Å². The summed E-state index contributed by atoms with van der Waals surface area (Å²) in [6.45, 7) is 1.77. The number of halogens is 4. The monoisotopic (exact) mass is 299 g/mol. The van der Waals surface area contributed by atoms with E-state index in [1.54, 1.807) is 37.4 Å². The third-order valence-corrected chi connectivity index (χ3v) is 3.77. The fourth-order valence-electron chi connectivity index (χ4n) is 2.06. The molecule has 0 N–H and O–H groups in total. The number of alkyl halides is 4. The molecule has 0 aliphatic rings. The number of pyridine rings is 1. The van der Waals surface area contributed by atoms with Gasteiger partial charge >= 0.3 is 6.18 Å². The van der Waals surface area contributed by atoms with Crippen LogP contribution < -0.4 is 0 Å². The van der Waals surface area contributed by atoms with Crippen LogP contribution in [0.5, 0.6) is 0 Å². The number of nitrogens with zero attached hydrogens (tertiary/aromatic N) is 1. The summed E-state index contributed by atoms with van der Waals surface area (Å²) in [6, 6.07) is 10.7. The quantitative estimate of drug-likeness (QED) is 0.711. The Labute approximate surface area is 120 Å². The molecule has 0 bridgehead atoms. The zero-order chi connectivity index (χ0) is 14.8. The zero-order valence-electron chi connectivity index (χ0n) is 10.7. The number of benzene rings is 1. The minimum atomic E-state index is -4.41. The smallest absolute Gasteiger partial charge is 0.261 e. The molecule has 2 rings (SSSR count). The third-order valence-electron chi connectivity index (χ3n) is 3.16. The van der Waals surface area contributed by atoms with E-state index in [4.69, 9.17) is 11.6 Å². The van der Waals surface area contributed by atoms with E-state index in [0.29, 0.717) is 5.69 Å². The summed E-state index contributed by atoms with van der Waals surface area (Å²) in [5.74, 6) is -0.318. The highest BCUT2D eigenvalue weighted by Crippen LogP contribution is 2.41. The van der Waals surface area contributed by atoms with Crippen LogP contribution in [0, 0.1) is 0 Å². The molecule has 0 saturated heterocycles. The molecule has 1 aromatic carbocycles. The molecule has 0 amide bonds. The summed E-state index contributed by atoms with van der Waals surface area (Å²) < 4.78 is 39.0. The maximum Gasteiger partial charge on any atom is 0.416 e. The topological polar surface area (TPSA) is 12.9 Å². The average Bonchev–Trinajstić information content (AvgIpc) is 2.46. The van der Waals surface area contributed by atoms with Crippen LogP contribution in [0.4, 0.5) is 13.2 Å². The van der Waals surface area contributed by atoms with Crippen molar-refractivity contribution in [2.45, 2.75) is 24.4 Å². The standard InChI is InChI=1S/C15H13ClF3N/c1-10(13-8-4-5-9-20-13)14(16)11-6-2-3-7-12(11)15(17,18)19/h2-10,14H,1H3. The Balaban J connectivity index is 2.37. The van der Waals surface area contributed by atoms with Crippen LogP contribution in [0.15, 0.2) is 48.7 Å². The summed E-state index contributed by atoms with van der Waals surface area (Å²) >= 11 is 6.26. The van der Waals surface area contributed by atoms with Gasteiger partial charge in [0.2, 0.25) is 0 Å². The van der Waals surface area contributed by atoms with Crippen molar-refractivity contribution in [1.29, 1.82) is 0 Å². The number of hydrogen-bond donors (Lipinski definition) is 0. The molecule has 2 atom stereocenters. The second kappa shape index (κ2) is 5.83. The Morgan fingerprint density at radius 2 is 1.70 bits per heavy atom. The first-order valence-corrected chi connectivity index (χ1v) is 6.56. The lowest BCUT2D eigenvalue weighted by molar-refractivity contribution is -0.138. The molecule has 5 heteroatoms. The van der Waals surface area contributed by atoms with Gasteiger partial charge < -0.3 is 0 Å². The highest BCUT2D eigenvalue weighted by Gasteiger charge is 2.35. The summed E-state index contributed by atoms with van der Waals surface area (Å²) in [7, 11) is 0. The van der Waals surface area contributed by atoms with Crippen LogP contribution in [0.3, 0.4) is 0 Å². The molecule has 1 aromatic heterocycles. The first kappa shape index (κ1) is 14.9. The first-order chi connectivity index (χ1) is 9.41. The normalized spacial score (nSPS) is 14.8. The third kappa shape index (κ3) is 3.12. The van der Waals surface area contributed by atoms with Crippen LogP contribution in [0.25, 0.3) is 0 Å². The molecule has 1 heterocycles. The van der Waals surface area contributed by atoms with E-state index in [0.717, 1.165) is 6.07 Å². The highest BCUT2D eigenvalue weighted by molar-refractivity contribution is 6.21. The van der Waals surface area contributed by atoms with Gasteiger partial charge in [-0.05, 0) is 23.8 Å². The minimum Gasteiger partial charge on any atom is -0.261 e. The fraction of sp³-hybridized carbons (Fsp3) is 0.267. The molecule has 2 aromatic rings. The Bertz CT molecular complexity index is 569. The molecule has 0 aliphatic carbocycles. The lowest BCUT2D eigenvalue weighted by atomic mass is 9.93. The highest BCUT2D eigenvalue weighted by atomic mass is 35.5. The van der Waals surface area contributed by atoms with Crippen molar-refractivity contribution < 1.29 is 13.2 Å². The lowest BCUT2D eigenvalue weighted by Gasteiger charge is -2.21. The fourth-order valence-corrected chi connectivity index (χ4v) is 2.38. The van der Waals surface area contributed by atoms with Crippen molar-refractivity contribution in [2.75, 3.05) is 0 Å². The average molecular weight is 300 g/mol. The van der Waals surface area contributed by atoms with Crippen molar-refractivity contribution in [3.63, 3.8) is 0 Å². The molecular weight excluding hydrogens is 287 g/mol. The van der Waals surface area contributed by atoms with Crippen molar-refractivity contribution in [1.82, 2.24) is 4.98 Å². The largest absolute Gasteiger partial charge is 0.416 e. The molecular formula is C15H13ClF3N. The summed E-state index contributed by atoms with van der Waals surface area (Å²) in [5, 5.41) is -0.789. The maximum atomic E-state index is 13.0. The van der Waals surface area contributed by atoms with Crippen molar-refractivity contribution in [3.8, 4) is 0 Å².